The number of pyridine rings is 1. The maximum atomic E-state index is 13.5. The molecule has 1 saturated heterocycles. The van der Waals surface area contributed by atoms with Gasteiger partial charge in [0, 0.05) is 11.7 Å². The van der Waals surface area contributed by atoms with Gasteiger partial charge in [-0.15, -0.1) is 0 Å². The molecule has 2 N–H and O–H groups in total. The number of hydrogen-bond acceptors (Lipinski definition) is 4. The topological polar surface area (TPSA) is 57.4 Å². The van der Waals surface area contributed by atoms with Gasteiger partial charge in [0.05, 0.1) is 11.2 Å². The van der Waals surface area contributed by atoms with Crippen LogP contribution in [0.4, 0.5) is 4.39 Å². The second-order valence-corrected chi connectivity index (χ2v) is 6.84. The first-order valence-electron chi connectivity index (χ1n) is 6.95. The number of hydrogen-bond donors (Lipinski definition) is 1. The van der Waals surface area contributed by atoms with Gasteiger partial charge in [0.2, 0.25) is 5.95 Å². The van der Waals surface area contributed by atoms with Crippen LogP contribution < -0.4 is 11.2 Å². The van der Waals surface area contributed by atoms with Crippen LogP contribution >= 0.6 is 0 Å². The van der Waals surface area contributed by atoms with Gasteiger partial charge in [-0.1, -0.05) is 0 Å². The molecular formula is C14H20BFN2O2. The molecule has 0 bridgehead atoms. The van der Waals surface area contributed by atoms with E-state index in [4.69, 9.17) is 15.0 Å². The molecule has 0 radical (unpaired) electrons. The van der Waals surface area contributed by atoms with Crippen molar-refractivity contribution < 1.29 is 13.7 Å². The van der Waals surface area contributed by atoms with Gasteiger partial charge >= 0.3 is 7.12 Å². The summed E-state index contributed by atoms with van der Waals surface area (Å²) in [7, 11) is -0.603. The number of nitrogens with zero attached hydrogens (tertiary/aromatic N) is 1. The van der Waals surface area contributed by atoms with E-state index in [0.717, 1.165) is 18.4 Å². The van der Waals surface area contributed by atoms with Gasteiger partial charge in [0.15, 0.2) is 0 Å². The average molecular weight is 278 g/mol. The first kappa shape index (κ1) is 14.0. The summed E-state index contributed by atoms with van der Waals surface area (Å²) in [5.74, 6) is -0.539. The molecule has 1 aromatic heterocycles. The second kappa shape index (κ2) is 4.03. The first-order chi connectivity index (χ1) is 9.15. The molecule has 1 aromatic rings. The third-order valence-corrected chi connectivity index (χ3v) is 4.73. The third-order valence-electron chi connectivity index (χ3n) is 4.73. The van der Waals surface area contributed by atoms with Crippen molar-refractivity contribution in [3.63, 3.8) is 0 Å². The summed E-state index contributed by atoms with van der Waals surface area (Å²) in [6.45, 7) is 7.89. The van der Waals surface area contributed by atoms with E-state index in [1.54, 1.807) is 0 Å². The highest BCUT2D eigenvalue weighted by Gasteiger charge is 2.54. The van der Waals surface area contributed by atoms with Crippen LogP contribution in [0.2, 0.25) is 0 Å². The van der Waals surface area contributed by atoms with Crippen molar-refractivity contribution in [2.75, 3.05) is 0 Å². The fourth-order valence-electron chi connectivity index (χ4n) is 2.43. The lowest BCUT2D eigenvalue weighted by molar-refractivity contribution is 0.00578. The van der Waals surface area contributed by atoms with Gasteiger partial charge in [-0.3, -0.25) is 0 Å². The van der Waals surface area contributed by atoms with Crippen molar-refractivity contribution in [2.45, 2.75) is 57.3 Å². The van der Waals surface area contributed by atoms with Crippen molar-refractivity contribution in [3.8, 4) is 0 Å². The van der Waals surface area contributed by atoms with Gasteiger partial charge in [-0.05, 0) is 57.6 Å². The fraction of sp³-hybridized carbons (Fsp3) is 0.643. The highest BCUT2D eigenvalue weighted by Crippen LogP contribution is 2.43. The number of rotatable bonds is 2. The first-order valence-corrected chi connectivity index (χ1v) is 6.95. The van der Waals surface area contributed by atoms with Crippen LogP contribution in [0.3, 0.4) is 0 Å². The summed E-state index contributed by atoms with van der Waals surface area (Å²) in [5, 5.41) is 0. The highest BCUT2D eigenvalue weighted by molar-refractivity contribution is 6.62. The lowest BCUT2D eigenvalue weighted by Crippen LogP contribution is -2.41. The van der Waals surface area contributed by atoms with E-state index >= 15 is 0 Å². The Morgan fingerprint density at radius 2 is 1.75 bits per heavy atom. The maximum Gasteiger partial charge on any atom is 0.495 e. The molecule has 2 fully saturated rings. The molecule has 6 heteroatoms. The Morgan fingerprint density at radius 3 is 2.25 bits per heavy atom. The SMILES string of the molecule is CC1(C)OB(c2cc(F)ncc2C2(N)CC2)OC1(C)C. The van der Waals surface area contributed by atoms with Crippen LogP contribution in [0.1, 0.15) is 46.1 Å². The van der Waals surface area contributed by atoms with Crippen LogP contribution in [0.5, 0.6) is 0 Å². The Labute approximate surface area is 119 Å². The third kappa shape index (κ3) is 2.06. The minimum Gasteiger partial charge on any atom is -0.399 e. The van der Waals surface area contributed by atoms with Crippen LogP contribution in [0, 0.1) is 5.95 Å². The van der Waals surface area contributed by atoms with Crippen molar-refractivity contribution in [2.24, 2.45) is 5.73 Å². The predicted molar refractivity (Wildman–Crippen MR) is 75.0 cm³/mol. The molecule has 0 aromatic carbocycles. The van der Waals surface area contributed by atoms with Gasteiger partial charge in [0.25, 0.3) is 0 Å². The Kier molecular flexibility index (Phi) is 2.81. The monoisotopic (exact) mass is 278 g/mol. The molecule has 1 saturated carbocycles. The summed E-state index contributed by atoms with van der Waals surface area (Å²) in [6.07, 6.45) is 3.28. The number of halogens is 1. The van der Waals surface area contributed by atoms with E-state index in [1.807, 2.05) is 27.7 Å². The van der Waals surface area contributed by atoms with Crippen molar-refractivity contribution in [1.29, 1.82) is 0 Å². The zero-order valence-corrected chi connectivity index (χ0v) is 12.4. The lowest BCUT2D eigenvalue weighted by atomic mass is 9.74. The molecule has 0 spiro atoms. The normalized spacial score (nSPS) is 25.8. The van der Waals surface area contributed by atoms with E-state index in [0.29, 0.717) is 5.46 Å². The summed E-state index contributed by atoms with van der Waals surface area (Å²) in [6, 6.07) is 1.38. The summed E-state index contributed by atoms with van der Waals surface area (Å²) in [5.41, 5.74) is 6.42. The van der Waals surface area contributed by atoms with Crippen LogP contribution in [0.25, 0.3) is 0 Å². The summed E-state index contributed by atoms with van der Waals surface area (Å²) >= 11 is 0. The molecule has 0 atom stereocenters. The van der Waals surface area contributed by atoms with E-state index in [1.165, 1.54) is 12.3 Å². The maximum absolute atomic E-state index is 13.5. The lowest BCUT2D eigenvalue weighted by Gasteiger charge is -2.32. The largest absolute Gasteiger partial charge is 0.495 e. The Bertz CT molecular complexity index is 542. The zero-order valence-electron chi connectivity index (χ0n) is 12.4. The van der Waals surface area contributed by atoms with Gasteiger partial charge < -0.3 is 15.0 Å². The van der Waals surface area contributed by atoms with Crippen LogP contribution in [-0.2, 0) is 14.8 Å². The molecule has 2 aliphatic rings. The van der Waals surface area contributed by atoms with Crippen LogP contribution in [0.15, 0.2) is 12.3 Å². The van der Waals surface area contributed by atoms with Crippen molar-refractivity contribution >= 4 is 12.6 Å². The number of nitrogens with two attached hydrogens (primary N) is 1. The molecule has 108 valence electrons. The quantitative estimate of drug-likeness (QED) is 0.657. The Balaban J connectivity index is 2.01. The summed E-state index contributed by atoms with van der Waals surface area (Å²) < 4.78 is 25.5. The molecule has 1 aliphatic heterocycles. The zero-order chi connectivity index (χ0) is 14.8. The van der Waals surface area contributed by atoms with E-state index < -0.39 is 29.8 Å². The minimum atomic E-state index is -0.603. The van der Waals surface area contributed by atoms with Gasteiger partial charge in [-0.25, -0.2) is 4.98 Å². The standard InChI is InChI=1S/C14H20BFN2O2/c1-12(2)13(3,4)20-15(19-12)10-7-11(16)18-8-9(10)14(17)5-6-14/h7-8H,5-6,17H2,1-4H3. The Hall–Kier alpha value is -0.975. The van der Waals surface area contributed by atoms with Gasteiger partial charge in [0.1, 0.15) is 0 Å². The minimum absolute atomic E-state index is 0.403. The Morgan fingerprint density at radius 1 is 1.20 bits per heavy atom. The molecule has 0 amide bonds. The van der Waals surface area contributed by atoms with Crippen molar-refractivity contribution in [1.82, 2.24) is 4.98 Å². The summed E-state index contributed by atoms with van der Waals surface area (Å²) in [4.78, 5) is 3.73. The van der Waals surface area contributed by atoms with Crippen molar-refractivity contribution in [3.05, 3.63) is 23.8 Å². The molecule has 0 unspecified atom stereocenters. The average Bonchev–Trinajstić information content (AvgIpc) is 3.01. The molecule has 1 aliphatic carbocycles. The molecule has 2 heterocycles. The highest BCUT2D eigenvalue weighted by atomic mass is 19.1. The predicted octanol–water partition coefficient (Wildman–Crippen LogP) is 1.47. The second-order valence-electron chi connectivity index (χ2n) is 6.84. The van der Waals surface area contributed by atoms with E-state index in [9.17, 15) is 4.39 Å². The molecular weight excluding hydrogens is 258 g/mol. The molecule has 20 heavy (non-hydrogen) atoms. The number of aromatic nitrogens is 1. The van der Waals surface area contributed by atoms with E-state index in [-0.39, 0.29) is 0 Å². The molecule has 4 nitrogen and oxygen atoms in total. The molecule has 3 rings (SSSR count). The van der Waals surface area contributed by atoms with E-state index in [2.05, 4.69) is 4.98 Å². The fourth-order valence-corrected chi connectivity index (χ4v) is 2.43. The van der Waals surface area contributed by atoms with Gasteiger partial charge in [-0.2, -0.15) is 4.39 Å². The smallest absolute Gasteiger partial charge is 0.399 e. The van der Waals surface area contributed by atoms with Crippen LogP contribution in [-0.4, -0.2) is 23.3 Å².